The Morgan fingerprint density at radius 1 is 1.00 bits per heavy atom. The second-order valence-corrected chi connectivity index (χ2v) is 5.82. The zero-order valence-corrected chi connectivity index (χ0v) is 12.0. The summed E-state index contributed by atoms with van der Waals surface area (Å²) in [4.78, 5) is 0. The third-order valence-electron chi connectivity index (χ3n) is 3.38. The Morgan fingerprint density at radius 3 is 2.53 bits per heavy atom. The van der Waals surface area contributed by atoms with Crippen molar-refractivity contribution in [2.24, 2.45) is 0 Å². The molecule has 0 fully saturated rings. The summed E-state index contributed by atoms with van der Waals surface area (Å²) >= 11 is 18.4. The average Bonchev–Trinajstić information content (AvgIpc) is 2.36. The predicted octanol–water partition coefficient (Wildman–Crippen LogP) is 5.48. The molecule has 19 heavy (non-hydrogen) atoms. The highest BCUT2D eigenvalue weighted by Crippen LogP contribution is 2.44. The molecule has 0 aromatic heterocycles. The van der Waals surface area contributed by atoms with E-state index in [1.54, 1.807) is 6.07 Å². The van der Waals surface area contributed by atoms with Gasteiger partial charge in [-0.15, -0.1) is 0 Å². The van der Waals surface area contributed by atoms with Gasteiger partial charge in [0.15, 0.2) is 0 Å². The summed E-state index contributed by atoms with van der Waals surface area (Å²) in [5.74, 6) is -0.259. The first-order valence-electron chi connectivity index (χ1n) is 5.77. The molecule has 0 saturated carbocycles. The summed E-state index contributed by atoms with van der Waals surface area (Å²) < 4.78 is 0. The van der Waals surface area contributed by atoms with Crippen molar-refractivity contribution in [1.29, 1.82) is 5.26 Å². The van der Waals surface area contributed by atoms with Crippen LogP contribution < -0.4 is 0 Å². The zero-order chi connectivity index (χ0) is 13.6. The van der Waals surface area contributed by atoms with Gasteiger partial charge in [-0.2, -0.15) is 5.26 Å². The molecule has 2 aromatic carbocycles. The van der Waals surface area contributed by atoms with Crippen LogP contribution in [0.5, 0.6) is 0 Å². The standard InChI is InChI=1S/C15H8Cl3N/c16-10-1-2-12-8(4-10)3-9(7-19)15-13(12)5-11(17)6-14(15)18/h1-2,4-6,9H,3H2. The largest absolute Gasteiger partial charge is 0.198 e. The van der Waals surface area contributed by atoms with Gasteiger partial charge in [-0.3, -0.25) is 0 Å². The number of benzene rings is 2. The van der Waals surface area contributed by atoms with Gasteiger partial charge < -0.3 is 0 Å². The number of nitriles is 1. The molecule has 0 bridgehead atoms. The third-order valence-corrected chi connectivity index (χ3v) is 4.15. The topological polar surface area (TPSA) is 23.8 Å². The summed E-state index contributed by atoms with van der Waals surface area (Å²) in [5, 5.41) is 11.1. The number of hydrogen-bond acceptors (Lipinski definition) is 1. The molecule has 2 aromatic rings. The van der Waals surface area contributed by atoms with Crippen molar-refractivity contribution < 1.29 is 0 Å². The van der Waals surface area contributed by atoms with Crippen LogP contribution in [0.1, 0.15) is 17.0 Å². The van der Waals surface area contributed by atoms with Crippen LogP contribution in [-0.4, -0.2) is 0 Å². The lowest BCUT2D eigenvalue weighted by molar-refractivity contribution is 0.836. The summed E-state index contributed by atoms with van der Waals surface area (Å²) in [6.07, 6.45) is 0.626. The highest BCUT2D eigenvalue weighted by Gasteiger charge is 2.27. The van der Waals surface area contributed by atoms with Crippen LogP contribution in [0.4, 0.5) is 0 Å². The molecule has 0 amide bonds. The summed E-state index contributed by atoms with van der Waals surface area (Å²) in [6, 6.07) is 11.6. The normalized spacial score (nSPS) is 16.4. The Kier molecular flexibility index (Phi) is 3.19. The minimum atomic E-state index is -0.259. The molecular formula is C15H8Cl3N. The van der Waals surface area contributed by atoms with Crippen LogP contribution >= 0.6 is 34.8 Å². The van der Waals surface area contributed by atoms with E-state index in [4.69, 9.17) is 34.8 Å². The molecule has 1 aliphatic rings. The molecule has 1 nitrogen and oxygen atoms in total. The van der Waals surface area contributed by atoms with Crippen molar-refractivity contribution in [2.75, 3.05) is 0 Å². The van der Waals surface area contributed by atoms with E-state index in [2.05, 4.69) is 6.07 Å². The van der Waals surface area contributed by atoms with Gasteiger partial charge in [0.05, 0.1) is 12.0 Å². The highest BCUT2D eigenvalue weighted by molar-refractivity contribution is 6.36. The maximum absolute atomic E-state index is 9.35. The van der Waals surface area contributed by atoms with Gasteiger partial charge in [0.2, 0.25) is 0 Å². The third kappa shape index (κ3) is 2.11. The summed E-state index contributed by atoms with van der Waals surface area (Å²) in [6.45, 7) is 0. The molecule has 3 rings (SSSR count). The van der Waals surface area contributed by atoms with Crippen molar-refractivity contribution in [3.05, 3.63) is 56.5 Å². The Hall–Kier alpha value is -1.20. The van der Waals surface area contributed by atoms with Gasteiger partial charge in [0, 0.05) is 15.1 Å². The van der Waals surface area contributed by atoms with Crippen LogP contribution in [0.2, 0.25) is 15.1 Å². The maximum atomic E-state index is 9.35. The molecule has 1 aliphatic carbocycles. The lowest BCUT2D eigenvalue weighted by atomic mass is 9.79. The number of hydrogen-bond donors (Lipinski definition) is 0. The minimum Gasteiger partial charge on any atom is -0.198 e. The van der Waals surface area contributed by atoms with Crippen molar-refractivity contribution >= 4 is 34.8 Å². The van der Waals surface area contributed by atoms with E-state index in [-0.39, 0.29) is 5.92 Å². The highest BCUT2D eigenvalue weighted by atomic mass is 35.5. The van der Waals surface area contributed by atoms with Gasteiger partial charge in [-0.05, 0) is 52.9 Å². The molecule has 0 N–H and O–H groups in total. The quantitative estimate of drug-likeness (QED) is 0.632. The average molecular weight is 309 g/mol. The zero-order valence-electron chi connectivity index (χ0n) is 9.75. The van der Waals surface area contributed by atoms with Gasteiger partial charge in [-0.1, -0.05) is 40.9 Å². The Bertz CT molecular complexity index is 716. The monoisotopic (exact) mass is 307 g/mol. The smallest absolute Gasteiger partial charge is 0.0773 e. The van der Waals surface area contributed by atoms with E-state index < -0.39 is 0 Å². The number of halogens is 3. The molecular weight excluding hydrogens is 301 g/mol. The first kappa shape index (κ1) is 12.8. The van der Waals surface area contributed by atoms with Crippen LogP contribution in [-0.2, 0) is 6.42 Å². The fourth-order valence-corrected chi connectivity index (χ4v) is 3.41. The molecule has 0 radical (unpaired) electrons. The Morgan fingerprint density at radius 2 is 1.79 bits per heavy atom. The summed E-state index contributed by atoms with van der Waals surface area (Å²) in [7, 11) is 0. The van der Waals surface area contributed by atoms with E-state index >= 15 is 0 Å². The van der Waals surface area contributed by atoms with E-state index in [0.717, 1.165) is 22.3 Å². The fraction of sp³-hybridized carbons (Fsp3) is 0.133. The van der Waals surface area contributed by atoms with Crippen LogP contribution in [0, 0.1) is 11.3 Å². The van der Waals surface area contributed by atoms with E-state index in [1.165, 1.54) is 0 Å². The molecule has 0 spiro atoms. The summed E-state index contributed by atoms with van der Waals surface area (Å²) in [5.41, 5.74) is 3.91. The first-order chi connectivity index (χ1) is 9.10. The van der Waals surface area contributed by atoms with Crippen molar-refractivity contribution in [1.82, 2.24) is 0 Å². The molecule has 0 aliphatic heterocycles. The fourth-order valence-electron chi connectivity index (χ4n) is 2.59. The SMILES string of the molecule is N#CC1Cc2cc(Cl)ccc2-c2cc(Cl)cc(Cl)c21. The molecule has 0 saturated heterocycles. The van der Waals surface area contributed by atoms with E-state index in [1.807, 2.05) is 24.3 Å². The minimum absolute atomic E-state index is 0.259. The number of rotatable bonds is 0. The van der Waals surface area contributed by atoms with Crippen molar-refractivity contribution in [2.45, 2.75) is 12.3 Å². The first-order valence-corrected chi connectivity index (χ1v) is 6.91. The molecule has 0 heterocycles. The van der Waals surface area contributed by atoms with Gasteiger partial charge in [0.25, 0.3) is 0 Å². The number of fused-ring (bicyclic) bond motifs is 3. The predicted molar refractivity (Wildman–Crippen MR) is 79.0 cm³/mol. The second kappa shape index (κ2) is 4.72. The Labute approximate surface area is 126 Å². The van der Waals surface area contributed by atoms with E-state index in [9.17, 15) is 5.26 Å². The lowest BCUT2D eigenvalue weighted by Crippen LogP contribution is -2.10. The van der Waals surface area contributed by atoms with Gasteiger partial charge in [0.1, 0.15) is 0 Å². The second-order valence-electron chi connectivity index (χ2n) is 4.54. The van der Waals surface area contributed by atoms with Crippen LogP contribution in [0.15, 0.2) is 30.3 Å². The number of nitrogens with zero attached hydrogens (tertiary/aromatic N) is 1. The van der Waals surface area contributed by atoms with Crippen LogP contribution in [0.25, 0.3) is 11.1 Å². The van der Waals surface area contributed by atoms with Crippen molar-refractivity contribution in [3.8, 4) is 17.2 Å². The molecule has 4 heteroatoms. The van der Waals surface area contributed by atoms with Gasteiger partial charge >= 0.3 is 0 Å². The molecule has 1 unspecified atom stereocenters. The lowest BCUT2D eigenvalue weighted by Gasteiger charge is -2.25. The molecule has 94 valence electrons. The van der Waals surface area contributed by atoms with Crippen molar-refractivity contribution in [3.63, 3.8) is 0 Å². The Balaban J connectivity index is 2.34. The van der Waals surface area contributed by atoms with Crippen LogP contribution in [0.3, 0.4) is 0 Å². The maximum Gasteiger partial charge on any atom is 0.0773 e. The molecule has 1 atom stereocenters. The van der Waals surface area contributed by atoms with Gasteiger partial charge in [-0.25, -0.2) is 0 Å². The van der Waals surface area contributed by atoms with E-state index in [0.29, 0.717) is 21.5 Å².